The van der Waals surface area contributed by atoms with Gasteiger partial charge in [-0.05, 0) is 29.8 Å². The molecule has 1 heterocycles. The maximum absolute atomic E-state index is 13.9. The molecule has 0 bridgehead atoms. The Labute approximate surface area is 117 Å². The van der Waals surface area contributed by atoms with E-state index in [4.69, 9.17) is 0 Å². The van der Waals surface area contributed by atoms with Crippen LogP contribution in [-0.4, -0.2) is 11.7 Å². The summed E-state index contributed by atoms with van der Waals surface area (Å²) in [6, 6.07) is 6.97. The summed E-state index contributed by atoms with van der Waals surface area (Å²) in [6.45, 7) is -0.213. The molecule has 2 aromatic carbocycles. The second-order valence-electron chi connectivity index (χ2n) is 4.60. The number of carbonyl (C=O) groups is 2. The molecule has 0 saturated carbocycles. The monoisotopic (exact) mass is 291 g/mol. The van der Waals surface area contributed by atoms with E-state index < -0.39 is 40.4 Å². The van der Waals surface area contributed by atoms with Crippen molar-refractivity contribution in [3.8, 4) is 0 Å². The average molecular weight is 291 g/mol. The molecular weight excluding hydrogens is 283 g/mol. The Hall–Kier alpha value is -2.63. The van der Waals surface area contributed by atoms with Gasteiger partial charge >= 0.3 is 0 Å². The zero-order chi connectivity index (χ0) is 15.1. The van der Waals surface area contributed by atoms with E-state index in [-0.39, 0.29) is 6.54 Å². The van der Waals surface area contributed by atoms with E-state index in [1.165, 1.54) is 18.2 Å². The van der Waals surface area contributed by atoms with E-state index in [9.17, 15) is 22.8 Å². The summed E-state index contributed by atoms with van der Waals surface area (Å²) < 4.78 is 40.7. The summed E-state index contributed by atoms with van der Waals surface area (Å²) in [5.41, 5.74) is -0.599. The van der Waals surface area contributed by atoms with Crippen molar-refractivity contribution in [1.29, 1.82) is 0 Å². The lowest BCUT2D eigenvalue weighted by Gasteiger charge is -2.17. The van der Waals surface area contributed by atoms with Crippen molar-refractivity contribution in [1.82, 2.24) is 0 Å². The fourth-order valence-corrected chi connectivity index (χ4v) is 2.32. The van der Waals surface area contributed by atoms with Crippen LogP contribution in [0.5, 0.6) is 0 Å². The molecule has 1 aliphatic heterocycles. The number of anilines is 1. The molecule has 6 heteroatoms. The molecule has 0 atom stereocenters. The van der Waals surface area contributed by atoms with Gasteiger partial charge in [0.1, 0.15) is 17.5 Å². The molecule has 0 N–H and O–H groups in total. The summed E-state index contributed by atoms with van der Waals surface area (Å²) in [5.74, 6) is -4.48. The van der Waals surface area contributed by atoms with Crippen molar-refractivity contribution in [2.24, 2.45) is 0 Å². The summed E-state index contributed by atoms with van der Waals surface area (Å²) in [6.07, 6.45) is 0. The van der Waals surface area contributed by atoms with Crippen LogP contribution in [0.3, 0.4) is 0 Å². The molecule has 1 aliphatic rings. The number of ketones is 1. The van der Waals surface area contributed by atoms with Crippen LogP contribution >= 0.6 is 0 Å². The zero-order valence-corrected chi connectivity index (χ0v) is 10.6. The van der Waals surface area contributed by atoms with Gasteiger partial charge in [0.2, 0.25) is 0 Å². The Morgan fingerprint density at radius 2 is 1.67 bits per heavy atom. The Kier molecular flexibility index (Phi) is 3.01. The summed E-state index contributed by atoms with van der Waals surface area (Å²) >= 11 is 0. The van der Waals surface area contributed by atoms with Gasteiger partial charge < -0.3 is 0 Å². The number of amides is 1. The largest absolute Gasteiger partial charge is 0.299 e. The van der Waals surface area contributed by atoms with Crippen molar-refractivity contribution in [2.75, 3.05) is 4.90 Å². The maximum Gasteiger partial charge on any atom is 0.299 e. The standard InChI is InChI=1S/C15H8F3NO2/c16-9-3-1-2-8(6-9)7-19-13-11(18)5-4-10(17)12(13)14(20)15(19)21/h1-6H,7H2. The second-order valence-corrected chi connectivity index (χ2v) is 4.60. The fraction of sp³-hybridized carbons (Fsp3) is 0.0667. The van der Waals surface area contributed by atoms with Crippen LogP contribution in [0.2, 0.25) is 0 Å². The lowest BCUT2D eigenvalue weighted by atomic mass is 10.1. The van der Waals surface area contributed by atoms with E-state index in [1.807, 2.05) is 0 Å². The number of carbonyl (C=O) groups excluding carboxylic acids is 2. The van der Waals surface area contributed by atoms with Gasteiger partial charge in [-0.1, -0.05) is 12.1 Å². The van der Waals surface area contributed by atoms with Gasteiger partial charge in [0, 0.05) is 0 Å². The molecule has 3 nitrogen and oxygen atoms in total. The first-order valence-electron chi connectivity index (χ1n) is 6.07. The van der Waals surface area contributed by atoms with Crippen molar-refractivity contribution >= 4 is 17.4 Å². The first-order chi connectivity index (χ1) is 9.99. The minimum Gasteiger partial charge on any atom is -0.297 e. The SMILES string of the molecule is O=C1C(=O)N(Cc2cccc(F)c2)c2c(F)ccc(F)c21. The number of hydrogen-bond acceptors (Lipinski definition) is 2. The molecule has 21 heavy (non-hydrogen) atoms. The highest BCUT2D eigenvalue weighted by Gasteiger charge is 2.40. The minimum atomic E-state index is -1.10. The molecule has 0 fully saturated rings. The van der Waals surface area contributed by atoms with Gasteiger partial charge in [0.25, 0.3) is 11.7 Å². The smallest absolute Gasteiger partial charge is 0.297 e. The Balaban J connectivity index is 2.08. The quantitative estimate of drug-likeness (QED) is 0.798. The molecule has 0 aliphatic carbocycles. The highest BCUT2D eigenvalue weighted by molar-refractivity contribution is 6.52. The third-order valence-electron chi connectivity index (χ3n) is 3.24. The lowest BCUT2D eigenvalue weighted by Crippen LogP contribution is -2.29. The highest BCUT2D eigenvalue weighted by atomic mass is 19.1. The van der Waals surface area contributed by atoms with E-state index in [0.717, 1.165) is 23.1 Å². The molecule has 106 valence electrons. The normalized spacial score (nSPS) is 13.8. The van der Waals surface area contributed by atoms with Crippen LogP contribution in [0.25, 0.3) is 0 Å². The molecule has 0 spiro atoms. The van der Waals surface area contributed by atoms with Gasteiger partial charge in [-0.15, -0.1) is 0 Å². The molecule has 0 saturated heterocycles. The van der Waals surface area contributed by atoms with Crippen LogP contribution in [0, 0.1) is 17.5 Å². The van der Waals surface area contributed by atoms with Gasteiger partial charge in [-0.2, -0.15) is 0 Å². The van der Waals surface area contributed by atoms with E-state index >= 15 is 0 Å². The third kappa shape index (κ3) is 2.08. The first kappa shape index (κ1) is 13.4. The van der Waals surface area contributed by atoms with Crippen molar-refractivity contribution < 1.29 is 22.8 Å². The van der Waals surface area contributed by atoms with Crippen LogP contribution in [0.15, 0.2) is 36.4 Å². The number of Topliss-reactive ketones (excluding diaryl/α,β-unsaturated/α-hetero) is 1. The maximum atomic E-state index is 13.9. The summed E-state index contributed by atoms with van der Waals surface area (Å²) in [5, 5.41) is 0. The lowest BCUT2D eigenvalue weighted by molar-refractivity contribution is -0.114. The van der Waals surface area contributed by atoms with E-state index in [1.54, 1.807) is 0 Å². The zero-order valence-electron chi connectivity index (χ0n) is 10.6. The molecule has 2 aromatic rings. The van der Waals surface area contributed by atoms with Crippen LogP contribution in [0.4, 0.5) is 18.9 Å². The van der Waals surface area contributed by atoms with Gasteiger partial charge in [0.15, 0.2) is 0 Å². The predicted octanol–water partition coefficient (Wildman–Crippen LogP) is 2.83. The topological polar surface area (TPSA) is 37.4 Å². The molecule has 1 amide bonds. The van der Waals surface area contributed by atoms with Gasteiger partial charge in [0.05, 0.1) is 17.8 Å². The number of fused-ring (bicyclic) bond motifs is 1. The predicted molar refractivity (Wildman–Crippen MR) is 68.3 cm³/mol. The Morgan fingerprint density at radius 1 is 0.952 bits per heavy atom. The molecule has 0 radical (unpaired) electrons. The summed E-state index contributed by atoms with van der Waals surface area (Å²) in [7, 11) is 0. The fourth-order valence-electron chi connectivity index (χ4n) is 2.32. The Morgan fingerprint density at radius 3 is 2.38 bits per heavy atom. The third-order valence-corrected chi connectivity index (χ3v) is 3.24. The second kappa shape index (κ2) is 4.73. The van der Waals surface area contributed by atoms with Crippen LogP contribution in [0.1, 0.15) is 15.9 Å². The number of rotatable bonds is 2. The number of benzene rings is 2. The van der Waals surface area contributed by atoms with Crippen molar-refractivity contribution in [3.63, 3.8) is 0 Å². The summed E-state index contributed by atoms with van der Waals surface area (Å²) in [4.78, 5) is 24.5. The van der Waals surface area contributed by atoms with Crippen LogP contribution in [-0.2, 0) is 11.3 Å². The van der Waals surface area contributed by atoms with E-state index in [2.05, 4.69) is 0 Å². The van der Waals surface area contributed by atoms with Crippen LogP contribution < -0.4 is 4.90 Å². The highest BCUT2D eigenvalue weighted by Crippen LogP contribution is 2.34. The van der Waals surface area contributed by atoms with E-state index in [0.29, 0.717) is 5.56 Å². The molecular formula is C15H8F3NO2. The van der Waals surface area contributed by atoms with Gasteiger partial charge in [-0.3, -0.25) is 14.5 Å². The van der Waals surface area contributed by atoms with Crippen molar-refractivity contribution in [2.45, 2.75) is 6.54 Å². The molecule has 3 rings (SSSR count). The van der Waals surface area contributed by atoms with Gasteiger partial charge in [-0.25, -0.2) is 13.2 Å². The van der Waals surface area contributed by atoms with Crippen molar-refractivity contribution in [3.05, 3.63) is 65.0 Å². The molecule has 0 aromatic heterocycles. The number of nitrogens with zero attached hydrogens (tertiary/aromatic N) is 1. The Bertz CT molecular complexity index is 774. The first-order valence-corrected chi connectivity index (χ1v) is 6.07. The number of halogens is 3. The average Bonchev–Trinajstić information content (AvgIpc) is 2.69. The molecule has 0 unspecified atom stereocenters. The number of hydrogen-bond donors (Lipinski definition) is 0. The minimum absolute atomic E-state index is 0.213.